The second-order valence-corrected chi connectivity index (χ2v) is 7.23. The van der Waals surface area contributed by atoms with Crippen LogP contribution in [0, 0.1) is 12.8 Å². The highest BCUT2D eigenvalue weighted by Crippen LogP contribution is 2.27. The molecule has 1 aliphatic heterocycles. The molecule has 2 aromatic rings. The number of carbonyl (C=O) groups is 1. The number of nitrogens with one attached hydrogen (secondary N) is 1. The van der Waals surface area contributed by atoms with Crippen LogP contribution in [0.4, 0.5) is 11.5 Å². The maximum Gasteiger partial charge on any atom is 0.272 e. The third-order valence-electron chi connectivity index (χ3n) is 4.32. The van der Waals surface area contributed by atoms with Gasteiger partial charge in [0.05, 0.1) is 10.0 Å². The molecule has 1 aliphatic rings. The third-order valence-corrected chi connectivity index (χ3v) is 5.06. The lowest BCUT2D eigenvalue weighted by Gasteiger charge is -2.30. The van der Waals surface area contributed by atoms with Crippen molar-refractivity contribution in [2.75, 3.05) is 18.4 Å². The van der Waals surface area contributed by atoms with Crippen LogP contribution in [0.25, 0.3) is 0 Å². The van der Waals surface area contributed by atoms with Crippen LogP contribution in [0.15, 0.2) is 24.3 Å². The molecular formula is C18H20Cl2N4O. The zero-order valence-corrected chi connectivity index (χ0v) is 15.7. The minimum absolute atomic E-state index is 0.0467. The van der Waals surface area contributed by atoms with E-state index < -0.39 is 0 Å². The molecule has 3 rings (SSSR count). The molecule has 0 aliphatic carbocycles. The van der Waals surface area contributed by atoms with Crippen molar-refractivity contribution in [3.63, 3.8) is 0 Å². The first kappa shape index (κ1) is 18.0. The normalized spacial score (nSPS) is 15.3. The van der Waals surface area contributed by atoms with E-state index in [1.807, 2.05) is 4.90 Å². The second kappa shape index (κ2) is 7.58. The van der Waals surface area contributed by atoms with Gasteiger partial charge >= 0.3 is 0 Å². The average Bonchev–Trinajstić information content (AvgIpc) is 2.58. The highest BCUT2D eigenvalue weighted by Gasteiger charge is 2.23. The van der Waals surface area contributed by atoms with Crippen LogP contribution in [0.2, 0.25) is 10.0 Å². The number of aryl methyl sites for hydroxylation is 1. The number of aromatic nitrogens is 2. The standard InChI is InChI=1S/C18H20Cl2N4O/c1-11-5-7-24(8-6-11)18(25)16-10-17(22-12(2)21-16)23-13-3-4-14(19)15(20)9-13/h3-4,9-11H,5-8H2,1-2H3,(H,21,22,23). The summed E-state index contributed by atoms with van der Waals surface area (Å²) in [6, 6.07) is 6.91. The number of amides is 1. The van der Waals surface area contributed by atoms with E-state index in [0.717, 1.165) is 31.6 Å². The fourth-order valence-electron chi connectivity index (χ4n) is 2.84. The molecule has 2 heterocycles. The van der Waals surface area contributed by atoms with E-state index in [1.54, 1.807) is 31.2 Å². The zero-order chi connectivity index (χ0) is 18.0. The Bertz CT molecular complexity index is 789. The van der Waals surface area contributed by atoms with E-state index in [2.05, 4.69) is 22.2 Å². The van der Waals surface area contributed by atoms with Crippen molar-refractivity contribution in [1.29, 1.82) is 0 Å². The van der Waals surface area contributed by atoms with Crippen molar-refractivity contribution in [1.82, 2.24) is 14.9 Å². The minimum Gasteiger partial charge on any atom is -0.340 e. The quantitative estimate of drug-likeness (QED) is 0.839. The fourth-order valence-corrected chi connectivity index (χ4v) is 3.13. The van der Waals surface area contributed by atoms with E-state index in [1.165, 1.54) is 0 Å². The SMILES string of the molecule is Cc1nc(Nc2ccc(Cl)c(Cl)c2)cc(C(=O)N2CCC(C)CC2)n1. The molecule has 1 aromatic heterocycles. The van der Waals surface area contributed by atoms with E-state index in [4.69, 9.17) is 23.2 Å². The van der Waals surface area contributed by atoms with Crippen molar-refractivity contribution in [2.24, 2.45) is 5.92 Å². The van der Waals surface area contributed by atoms with Crippen molar-refractivity contribution in [3.05, 3.63) is 45.8 Å². The number of anilines is 2. The van der Waals surface area contributed by atoms with Crippen LogP contribution in [-0.2, 0) is 0 Å². The Hall–Kier alpha value is -1.85. The highest BCUT2D eigenvalue weighted by molar-refractivity contribution is 6.42. The molecule has 132 valence electrons. The zero-order valence-electron chi connectivity index (χ0n) is 14.2. The summed E-state index contributed by atoms with van der Waals surface area (Å²) in [5.74, 6) is 1.72. The largest absolute Gasteiger partial charge is 0.340 e. The monoisotopic (exact) mass is 378 g/mol. The van der Waals surface area contributed by atoms with Crippen LogP contribution in [0.1, 0.15) is 36.1 Å². The Morgan fingerprint density at radius 1 is 1.16 bits per heavy atom. The molecule has 0 unspecified atom stereocenters. The smallest absolute Gasteiger partial charge is 0.272 e. The summed E-state index contributed by atoms with van der Waals surface area (Å²) in [4.78, 5) is 23.3. The first-order chi connectivity index (χ1) is 11.9. The molecule has 5 nitrogen and oxygen atoms in total. The molecule has 1 amide bonds. The van der Waals surface area contributed by atoms with Crippen molar-refractivity contribution < 1.29 is 4.79 Å². The van der Waals surface area contributed by atoms with E-state index in [9.17, 15) is 4.79 Å². The Kier molecular flexibility index (Phi) is 5.45. The van der Waals surface area contributed by atoms with Crippen molar-refractivity contribution in [2.45, 2.75) is 26.7 Å². The number of piperidine rings is 1. The molecular weight excluding hydrogens is 359 g/mol. The Labute approximate surface area is 157 Å². The van der Waals surface area contributed by atoms with Gasteiger partial charge in [0.15, 0.2) is 0 Å². The lowest BCUT2D eigenvalue weighted by Crippen LogP contribution is -2.38. The molecule has 7 heteroatoms. The topological polar surface area (TPSA) is 58.1 Å². The summed E-state index contributed by atoms with van der Waals surface area (Å²) in [6.07, 6.45) is 2.06. The third kappa shape index (κ3) is 4.41. The first-order valence-electron chi connectivity index (χ1n) is 8.29. The molecule has 25 heavy (non-hydrogen) atoms. The summed E-state index contributed by atoms with van der Waals surface area (Å²) in [5.41, 5.74) is 1.15. The molecule has 0 radical (unpaired) electrons. The molecule has 0 atom stereocenters. The number of hydrogen-bond donors (Lipinski definition) is 1. The van der Waals surface area contributed by atoms with Crippen molar-refractivity contribution in [3.8, 4) is 0 Å². The Balaban J connectivity index is 1.80. The maximum absolute atomic E-state index is 12.7. The number of benzene rings is 1. The van der Waals surface area contributed by atoms with Crippen LogP contribution in [0.3, 0.4) is 0 Å². The van der Waals surface area contributed by atoms with Gasteiger partial charge in [0.1, 0.15) is 17.3 Å². The van der Waals surface area contributed by atoms with E-state index >= 15 is 0 Å². The highest BCUT2D eigenvalue weighted by atomic mass is 35.5. The van der Waals surface area contributed by atoms with Crippen LogP contribution >= 0.6 is 23.2 Å². The van der Waals surface area contributed by atoms with Gasteiger partial charge in [-0.1, -0.05) is 30.1 Å². The average molecular weight is 379 g/mol. The number of hydrogen-bond acceptors (Lipinski definition) is 4. The number of carbonyl (C=O) groups excluding carboxylic acids is 1. The predicted octanol–water partition coefficient (Wildman–Crippen LogP) is 4.71. The van der Waals surface area contributed by atoms with Crippen molar-refractivity contribution >= 4 is 40.6 Å². The molecule has 0 spiro atoms. The number of rotatable bonds is 3. The van der Waals surface area contributed by atoms with Crippen LogP contribution in [-0.4, -0.2) is 33.9 Å². The van der Waals surface area contributed by atoms with Crippen LogP contribution < -0.4 is 5.32 Å². The minimum atomic E-state index is -0.0467. The molecule has 1 aromatic carbocycles. The molecule has 0 saturated carbocycles. The summed E-state index contributed by atoms with van der Waals surface area (Å²) >= 11 is 12.0. The lowest BCUT2D eigenvalue weighted by molar-refractivity contribution is 0.0691. The maximum atomic E-state index is 12.7. The lowest BCUT2D eigenvalue weighted by atomic mass is 9.99. The Morgan fingerprint density at radius 2 is 1.88 bits per heavy atom. The van der Waals surface area contributed by atoms with Gasteiger partial charge < -0.3 is 10.2 Å². The summed E-state index contributed by atoms with van der Waals surface area (Å²) in [5, 5.41) is 4.10. The second-order valence-electron chi connectivity index (χ2n) is 6.41. The van der Waals surface area contributed by atoms with Crippen LogP contribution in [0.5, 0.6) is 0 Å². The summed E-state index contributed by atoms with van der Waals surface area (Å²) in [7, 11) is 0. The summed E-state index contributed by atoms with van der Waals surface area (Å²) < 4.78 is 0. The predicted molar refractivity (Wildman–Crippen MR) is 101 cm³/mol. The van der Waals surface area contributed by atoms with Gasteiger partial charge in [0.2, 0.25) is 0 Å². The molecule has 1 fully saturated rings. The van der Waals surface area contributed by atoms with E-state index in [-0.39, 0.29) is 5.91 Å². The number of likely N-dealkylation sites (tertiary alicyclic amines) is 1. The number of halogens is 2. The van der Waals surface area contributed by atoms with Gasteiger partial charge in [-0.15, -0.1) is 0 Å². The number of nitrogens with zero attached hydrogens (tertiary/aromatic N) is 3. The van der Waals surface area contributed by atoms with Gasteiger partial charge in [0.25, 0.3) is 5.91 Å². The fraction of sp³-hybridized carbons (Fsp3) is 0.389. The molecule has 0 bridgehead atoms. The molecule has 1 saturated heterocycles. The van der Waals surface area contributed by atoms with E-state index in [0.29, 0.717) is 33.3 Å². The van der Waals surface area contributed by atoms with Gasteiger partial charge in [0, 0.05) is 24.8 Å². The first-order valence-corrected chi connectivity index (χ1v) is 9.05. The van der Waals surface area contributed by atoms with Gasteiger partial charge in [-0.25, -0.2) is 9.97 Å². The Morgan fingerprint density at radius 3 is 2.56 bits per heavy atom. The van der Waals surface area contributed by atoms with Gasteiger partial charge in [-0.3, -0.25) is 4.79 Å². The van der Waals surface area contributed by atoms with Gasteiger partial charge in [-0.2, -0.15) is 0 Å². The van der Waals surface area contributed by atoms with Gasteiger partial charge in [-0.05, 0) is 43.9 Å². The summed E-state index contributed by atoms with van der Waals surface area (Å²) in [6.45, 7) is 5.54. The molecule has 1 N–H and O–H groups in total.